The van der Waals surface area contributed by atoms with Crippen LogP contribution in [0.15, 0.2) is 42.6 Å². The van der Waals surface area contributed by atoms with Crippen LogP contribution in [0.4, 0.5) is 11.5 Å². The molecule has 3 heterocycles. The van der Waals surface area contributed by atoms with Gasteiger partial charge in [-0.3, -0.25) is 9.59 Å². The van der Waals surface area contributed by atoms with E-state index < -0.39 is 11.8 Å². The number of carbonyl (C=O) groups is 2. The van der Waals surface area contributed by atoms with Gasteiger partial charge in [-0.2, -0.15) is 0 Å². The normalized spacial score (nSPS) is 15.7. The molecule has 0 spiro atoms. The van der Waals surface area contributed by atoms with Gasteiger partial charge in [0.2, 0.25) is 6.79 Å². The molecule has 8 heteroatoms. The van der Waals surface area contributed by atoms with Gasteiger partial charge in [0.1, 0.15) is 5.82 Å². The number of fused-ring (bicyclic) bond motifs is 1. The zero-order chi connectivity index (χ0) is 17.9. The van der Waals surface area contributed by atoms with Crippen molar-refractivity contribution in [3.63, 3.8) is 0 Å². The number of aromatic nitrogens is 1. The zero-order valence-electron chi connectivity index (χ0n) is 14.1. The van der Waals surface area contributed by atoms with Crippen molar-refractivity contribution in [2.45, 2.75) is 0 Å². The summed E-state index contributed by atoms with van der Waals surface area (Å²) >= 11 is 0. The fourth-order valence-corrected chi connectivity index (χ4v) is 2.98. The standard InChI is InChI=1S/C18H18N4O4/c23-17(20-13-4-5-14-15(11-13)26-12-25-14)18(24)22-9-7-21(8-10-22)16-3-1-2-6-19-16/h1-6,11H,7-10,12H2,(H,20,23). The summed E-state index contributed by atoms with van der Waals surface area (Å²) in [7, 11) is 0. The van der Waals surface area contributed by atoms with Crippen molar-refractivity contribution in [1.29, 1.82) is 0 Å². The largest absolute Gasteiger partial charge is 0.454 e. The molecule has 2 aliphatic rings. The van der Waals surface area contributed by atoms with E-state index in [0.29, 0.717) is 43.4 Å². The highest BCUT2D eigenvalue weighted by molar-refractivity contribution is 6.39. The molecule has 8 nitrogen and oxygen atoms in total. The molecule has 0 aliphatic carbocycles. The predicted molar refractivity (Wildman–Crippen MR) is 94.2 cm³/mol. The second kappa shape index (κ2) is 6.91. The summed E-state index contributed by atoms with van der Waals surface area (Å²) in [6, 6.07) is 10.8. The molecule has 2 amide bonds. The highest BCUT2D eigenvalue weighted by atomic mass is 16.7. The third-order valence-corrected chi connectivity index (χ3v) is 4.36. The molecule has 2 aliphatic heterocycles. The molecule has 1 aromatic heterocycles. The van der Waals surface area contributed by atoms with E-state index in [1.807, 2.05) is 18.2 Å². The molecule has 2 aromatic rings. The van der Waals surface area contributed by atoms with Crippen LogP contribution in [0.3, 0.4) is 0 Å². The van der Waals surface area contributed by atoms with Crippen molar-refractivity contribution in [2.75, 3.05) is 43.2 Å². The number of nitrogens with zero attached hydrogens (tertiary/aromatic N) is 3. The third kappa shape index (κ3) is 3.26. The summed E-state index contributed by atoms with van der Waals surface area (Å²) in [5.74, 6) is 0.863. The SMILES string of the molecule is O=C(Nc1ccc2c(c1)OCO2)C(=O)N1CCN(c2ccccn2)CC1. The molecule has 1 aromatic carbocycles. The molecule has 1 fully saturated rings. The van der Waals surface area contributed by atoms with Crippen LogP contribution in [0, 0.1) is 0 Å². The highest BCUT2D eigenvalue weighted by Crippen LogP contribution is 2.34. The van der Waals surface area contributed by atoms with Gasteiger partial charge >= 0.3 is 11.8 Å². The second-order valence-electron chi connectivity index (χ2n) is 5.99. The van der Waals surface area contributed by atoms with Gasteiger partial charge in [-0.15, -0.1) is 0 Å². The average Bonchev–Trinajstić information content (AvgIpc) is 3.16. The number of benzene rings is 1. The van der Waals surface area contributed by atoms with Crippen molar-refractivity contribution in [2.24, 2.45) is 0 Å². The van der Waals surface area contributed by atoms with Crippen molar-refractivity contribution in [1.82, 2.24) is 9.88 Å². The maximum atomic E-state index is 12.4. The quantitative estimate of drug-likeness (QED) is 0.813. The van der Waals surface area contributed by atoms with Gasteiger partial charge in [-0.05, 0) is 24.3 Å². The van der Waals surface area contributed by atoms with E-state index in [1.165, 1.54) is 0 Å². The lowest BCUT2D eigenvalue weighted by atomic mass is 10.2. The lowest BCUT2D eigenvalue weighted by molar-refractivity contribution is -0.143. The Morgan fingerprint density at radius 2 is 1.81 bits per heavy atom. The van der Waals surface area contributed by atoms with Gasteiger partial charge in [0.05, 0.1) is 0 Å². The first kappa shape index (κ1) is 16.2. The van der Waals surface area contributed by atoms with E-state index in [0.717, 1.165) is 5.82 Å². The number of carbonyl (C=O) groups excluding carboxylic acids is 2. The number of pyridine rings is 1. The van der Waals surface area contributed by atoms with Gasteiger partial charge in [-0.1, -0.05) is 6.07 Å². The first-order valence-electron chi connectivity index (χ1n) is 8.36. The van der Waals surface area contributed by atoms with Crippen LogP contribution in [-0.4, -0.2) is 54.7 Å². The first-order valence-corrected chi connectivity index (χ1v) is 8.36. The molecule has 4 rings (SSSR count). The molecule has 0 radical (unpaired) electrons. The highest BCUT2D eigenvalue weighted by Gasteiger charge is 2.27. The molecule has 0 bridgehead atoms. The van der Waals surface area contributed by atoms with Crippen LogP contribution in [0.25, 0.3) is 0 Å². The smallest absolute Gasteiger partial charge is 0.313 e. The molecule has 134 valence electrons. The van der Waals surface area contributed by atoms with Gasteiger partial charge in [0.25, 0.3) is 0 Å². The number of anilines is 2. The Morgan fingerprint density at radius 1 is 1.00 bits per heavy atom. The number of hydrogen-bond donors (Lipinski definition) is 1. The minimum absolute atomic E-state index is 0.159. The summed E-state index contributed by atoms with van der Waals surface area (Å²) in [6.45, 7) is 2.39. The van der Waals surface area contributed by atoms with Crippen LogP contribution in [0.2, 0.25) is 0 Å². The van der Waals surface area contributed by atoms with E-state index in [-0.39, 0.29) is 6.79 Å². The Balaban J connectivity index is 1.34. The molecule has 0 unspecified atom stereocenters. The summed E-state index contributed by atoms with van der Waals surface area (Å²) in [6.07, 6.45) is 1.74. The lowest BCUT2D eigenvalue weighted by Crippen LogP contribution is -2.51. The number of ether oxygens (including phenoxy) is 2. The Bertz CT molecular complexity index is 819. The average molecular weight is 354 g/mol. The number of rotatable bonds is 2. The van der Waals surface area contributed by atoms with E-state index in [4.69, 9.17) is 9.47 Å². The molecular weight excluding hydrogens is 336 g/mol. The molecule has 1 N–H and O–H groups in total. The van der Waals surface area contributed by atoms with Gasteiger partial charge in [0.15, 0.2) is 11.5 Å². The minimum atomic E-state index is -0.657. The Labute approximate surface area is 150 Å². The van der Waals surface area contributed by atoms with Crippen LogP contribution < -0.4 is 19.7 Å². The van der Waals surface area contributed by atoms with E-state index in [9.17, 15) is 9.59 Å². The Morgan fingerprint density at radius 3 is 2.58 bits per heavy atom. The van der Waals surface area contributed by atoms with Crippen molar-refractivity contribution in [3.05, 3.63) is 42.6 Å². The third-order valence-electron chi connectivity index (χ3n) is 4.36. The Kier molecular flexibility index (Phi) is 4.30. The molecule has 0 saturated carbocycles. The van der Waals surface area contributed by atoms with Crippen molar-refractivity contribution in [3.8, 4) is 11.5 Å². The number of nitrogens with one attached hydrogen (secondary N) is 1. The number of hydrogen-bond acceptors (Lipinski definition) is 6. The summed E-state index contributed by atoms with van der Waals surface area (Å²) in [5.41, 5.74) is 0.500. The topological polar surface area (TPSA) is 84.0 Å². The molecular formula is C18H18N4O4. The molecule has 26 heavy (non-hydrogen) atoms. The van der Waals surface area contributed by atoms with Crippen LogP contribution in [0.1, 0.15) is 0 Å². The molecule has 1 saturated heterocycles. The maximum absolute atomic E-state index is 12.4. The Hall–Kier alpha value is -3.29. The van der Waals surface area contributed by atoms with Crippen molar-refractivity contribution < 1.29 is 19.1 Å². The maximum Gasteiger partial charge on any atom is 0.313 e. The fourth-order valence-electron chi connectivity index (χ4n) is 2.98. The van der Waals surface area contributed by atoms with E-state index in [1.54, 1.807) is 29.3 Å². The van der Waals surface area contributed by atoms with Crippen LogP contribution in [-0.2, 0) is 9.59 Å². The fraction of sp³-hybridized carbons (Fsp3) is 0.278. The zero-order valence-corrected chi connectivity index (χ0v) is 14.1. The summed E-state index contributed by atoms with van der Waals surface area (Å²) in [5, 5.41) is 2.62. The first-order chi connectivity index (χ1) is 12.7. The summed E-state index contributed by atoms with van der Waals surface area (Å²) < 4.78 is 10.5. The van der Waals surface area contributed by atoms with E-state index in [2.05, 4.69) is 15.2 Å². The minimum Gasteiger partial charge on any atom is -0.454 e. The number of piperazine rings is 1. The summed E-state index contributed by atoms with van der Waals surface area (Å²) in [4.78, 5) is 32.6. The predicted octanol–water partition coefficient (Wildman–Crippen LogP) is 1.10. The number of amides is 2. The monoisotopic (exact) mass is 354 g/mol. The van der Waals surface area contributed by atoms with Gasteiger partial charge < -0.3 is 24.6 Å². The van der Waals surface area contributed by atoms with Crippen LogP contribution in [0.5, 0.6) is 11.5 Å². The molecule has 0 atom stereocenters. The van der Waals surface area contributed by atoms with Crippen LogP contribution >= 0.6 is 0 Å². The lowest BCUT2D eigenvalue weighted by Gasteiger charge is -2.34. The van der Waals surface area contributed by atoms with Gasteiger partial charge in [-0.25, -0.2) is 4.98 Å². The van der Waals surface area contributed by atoms with Gasteiger partial charge in [0, 0.05) is 44.1 Å². The van der Waals surface area contributed by atoms with E-state index >= 15 is 0 Å². The second-order valence-corrected chi connectivity index (χ2v) is 5.99. The van der Waals surface area contributed by atoms with Crippen molar-refractivity contribution >= 4 is 23.3 Å².